The molecule has 4 rings (SSSR count). The van der Waals surface area contributed by atoms with Gasteiger partial charge in [0, 0.05) is 18.4 Å². The molecule has 0 aliphatic carbocycles. The molecular formula is C23H28N6O4. The number of benzene rings is 1. The number of fused-ring (bicyclic) bond motifs is 8. The van der Waals surface area contributed by atoms with Gasteiger partial charge in [0.15, 0.2) is 0 Å². The number of cyclic esters (lactones) is 2. The van der Waals surface area contributed by atoms with Crippen LogP contribution in [0.25, 0.3) is 11.4 Å². The van der Waals surface area contributed by atoms with Gasteiger partial charge < -0.3 is 9.47 Å². The molecular weight excluding hydrogens is 424 g/mol. The van der Waals surface area contributed by atoms with Crippen LogP contribution in [0.4, 0.5) is 0 Å². The predicted molar refractivity (Wildman–Crippen MR) is 118 cm³/mol. The number of esters is 2. The van der Waals surface area contributed by atoms with Gasteiger partial charge in [0.2, 0.25) is 0 Å². The van der Waals surface area contributed by atoms with Gasteiger partial charge in [-0.25, -0.2) is 9.36 Å². The Bertz CT molecular complexity index is 1020. The van der Waals surface area contributed by atoms with Crippen LogP contribution in [-0.2, 0) is 32.3 Å². The largest absolute Gasteiger partial charge is 0.459 e. The highest BCUT2D eigenvalue weighted by Crippen LogP contribution is 2.21. The Balaban J connectivity index is 1.54. The third-order valence-electron chi connectivity index (χ3n) is 5.63. The minimum absolute atomic E-state index is 0.0953. The van der Waals surface area contributed by atoms with Gasteiger partial charge in [-0.1, -0.05) is 42.2 Å². The maximum absolute atomic E-state index is 12.0. The zero-order valence-electron chi connectivity index (χ0n) is 18.8. The van der Waals surface area contributed by atoms with Crippen molar-refractivity contribution in [2.45, 2.75) is 71.5 Å². The first-order chi connectivity index (χ1) is 16.1. The third kappa shape index (κ3) is 6.03. The summed E-state index contributed by atoms with van der Waals surface area (Å²) in [6.07, 6.45) is 9.83. The molecule has 0 spiro atoms. The molecule has 1 aliphatic rings. The molecule has 3 heterocycles. The van der Waals surface area contributed by atoms with Crippen LogP contribution >= 0.6 is 0 Å². The summed E-state index contributed by atoms with van der Waals surface area (Å²) in [4.78, 5) is 24.1. The molecule has 0 fully saturated rings. The summed E-state index contributed by atoms with van der Waals surface area (Å²) in [7, 11) is 0. The van der Waals surface area contributed by atoms with Crippen LogP contribution in [0.3, 0.4) is 0 Å². The van der Waals surface area contributed by atoms with Crippen molar-refractivity contribution >= 4 is 11.9 Å². The molecule has 174 valence electrons. The summed E-state index contributed by atoms with van der Waals surface area (Å²) in [5, 5.41) is 16.6. The molecule has 0 unspecified atom stereocenters. The van der Waals surface area contributed by atoms with Crippen molar-refractivity contribution in [3.63, 3.8) is 0 Å². The van der Waals surface area contributed by atoms with Crippen LogP contribution in [0, 0.1) is 6.92 Å². The van der Waals surface area contributed by atoms with Gasteiger partial charge in [-0.3, -0.25) is 9.59 Å². The second-order valence-electron chi connectivity index (χ2n) is 8.17. The summed E-state index contributed by atoms with van der Waals surface area (Å²) in [6, 6.07) is 5.73. The Kier molecular flexibility index (Phi) is 7.43. The lowest BCUT2D eigenvalue weighted by atomic mass is 10.1. The average Bonchev–Trinajstić information content (AvgIpc) is 3.47. The van der Waals surface area contributed by atoms with Gasteiger partial charge in [0.1, 0.15) is 24.6 Å². The quantitative estimate of drug-likeness (QED) is 0.477. The number of carbonyl (C=O) groups is 2. The van der Waals surface area contributed by atoms with Crippen LogP contribution in [-0.4, -0.2) is 41.9 Å². The maximum Gasteiger partial charge on any atom is 0.306 e. The fourth-order valence-corrected chi connectivity index (χ4v) is 3.77. The Morgan fingerprint density at radius 3 is 1.67 bits per heavy atom. The van der Waals surface area contributed by atoms with E-state index in [1.165, 1.54) is 0 Å². The van der Waals surface area contributed by atoms with Gasteiger partial charge in [0.25, 0.3) is 0 Å². The fourth-order valence-electron chi connectivity index (χ4n) is 3.77. The van der Waals surface area contributed by atoms with Crippen LogP contribution < -0.4 is 0 Å². The van der Waals surface area contributed by atoms with Crippen molar-refractivity contribution in [3.05, 3.63) is 47.5 Å². The van der Waals surface area contributed by atoms with Crippen molar-refractivity contribution in [2.75, 3.05) is 0 Å². The molecule has 0 amide bonds. The molecule has 0 radical (unpaired) electrons. The zero-order valence-corrected chi connectivity index (χ0v) is 18.8. The van der Waals surface area contributed by atoms with E-state index in [1.807, 2.05) is 25.1 Å². The number of carbonyl (C=O) groups excluding carboxylic acids is 2. The molecule has 0 saturated heterocycles. The van der Waals surface area contributed by atoms with E-state index in [0.29, 0.717) is 24.2 Å². The summed E-state index contributed by atoms with van der Waals surface area (Å²) in [6.45, 7) is 2.14. The predicted octanol–water partition coefficient (Wildman–Crippen LogP) is 3.38. The van der Waals surface area contributed by atoms with Gasteiger partial charge in [0.05, 0.1) is 23.8 Å². The first kappa shape index (κ1) is 22.6. The van der Waals surface area contributed by atoms with Crippen LogP contribution in [0.5, 0.6) is 0 Å². The van der Waals surface area contributed by atoms with Crippen LogP contribution in [0.2, 0.25) is 0 Å². The van der Waals surface area contributed by atoms with E-state index in [1.54, 1.807) is 21.8 Å². The lowest BCUT2D eigenvalue weighted by molar-refractivity contribution is -0.146. The van der Waals surface area contributed by atoms with Crippen molar-refractivity contribution in [1.82, 2.24) is 30.0 Å². The number of ether oxygens (including phenoxy) is 2. The van der Waals surface area contributed by atoms with E-state index in [-0.39, 0.29) is 25.2 Å². The monoisotopic (exact) mass is 452 g/mol. The second-order valence-corrected chi connectivity index (χ2v) is 8.17. The smallest absolute Gasteiger partial charge is 0.306 e. The molecule has 1 aliphatic heterocycles. The van der Waals surface area contributed by atoms with Gasteiger partial charge in [-0.2, -0.15) is 0 Å². The van der Waals surface area contributed by atoms with E-state index >= 15 is 0 Å². The van der Waals surface area contributed by atoms with Crippen molar-refractivity contribution < 1.29 is 19.1 Å². The Labute approximate surface area is 191 Å². The minimum Gasteiger partial charge on any atom is -0.459 e. The number of rotatable bonds is 0. The normalized spacial score (nSPS) is 16.6. The highest BCUT2D eigenvalue weighted by atomic mass is 16.5. The summed E-state index contributed by atoms with van der Waals surface area (Å²) >= 11 is 0. The first-order valence-corrected chi connectivity index (χ1v) is 11.3. The molecule has 0 saturated carbocycles. The third-order valence-corrected chi connectivity index (χ3v) is 5.63. The van der Waals surface area contributed by atoms with Gasteiger partial charge >= 0.3 is 11.9 Å². The topological polar surface area (TPSA) is 114 Å². The number of hydrogen-bond donors (Lipinski definition) is 0. The zero-order chi connectivity index (χ0) is 23.0. The highest BCUT2D eigenvalue weighted by molar-refractivity contribution is 5.69. The van der Waals surface area contributed by atoms with Crippen molar-refractivity contribution in [3.8, 4) is 11.4 Å². The minimum atomic E-state index is -0.231. The van der Waals surface area contributed by atoms with Gasteiger partial charge in [-0.05, 0) is 31.9 Å². The highest BCUT2D eigenvalue weighted by Gasteiger charge is 2.13. The van der Waals surface area contributed by atoms with Gasteiger partial charge in [-0.15, -0.1) is 10.2 Å². The summed E-state index contributed by atoms with van der Waals surface area (Å²) < 4.78 is 14.0. The van der Waals surface area contributed by atoms with E-state index in [0.717, 1.165) is 55.5 Å². The molecule has 2 aromatic heterocycles. The summed E-state index contributed by atoms with van der Waals surface area (Å²) in [5.41, 5.74) is 3.71. The molecule has 0 N–H and O–H groups in total. The SMILES string of the molecule is Cc1c2cccc1-n1cc(nn1)COC(=O)CCCCCCCCC(=O)OCc1cn-2nn1. The second kappa shape index (κ2) is 10.8. The molecule has 0 atom stereocenters. The molecule has 1 aromatic carbocycles. The molecule has 6 bridgehead atoms. The summed E-state index contributed by atoms with van der Waals surface area (Å²) in [5.74, 6) is -0.461. The number of aromatic nitrogens is 6. The molecule has 3 aromatic rings. The molecule has 33 heavy (non-hydrogen) atoms. The van der Waals surface area contributed by atoms with E-state index in [4.69, 9.17) is 9.47 Å². The lowest BCUT2D eigenvalue weighted by Gasteiger charge is -2.10. The van der Waals surface area contributed by atoms with Crippen LogP contribution in [0.1, 0.15) is 68.3 Å². The first-order valence-electron chi connectivity index (χ1n) is 11.3. The number of nitrogens with zero attached hydrogens (tertiary/aromatic N) is 6. The van der Waals surface area contributed by atoms with Crippen molar-refractivity contribution in [1.29, 1.82) is 0 Å². The Morgan fingerprint density at radius 1 is 0.727 bits per heavy atom. The Hall–Kier alpha value is -3.56. The standard InChI is InChI=1S/C23H28N6O4/c1-17-20-9-8-10-21(17)29-14-19(25-27-29)16-33-23(31)12-7-5-3-2-4-6-11-22(30)32-15-18-13-28(20)26-24-18/h8-10,13-14H,2-7,11-12,15-16H2,1H3. The van der Waals surface area contributed by atoms with Crippen molar-refractivity contribution in [2.24, 2.45) is 0 Å². The Morgan fingerprint density at radius 2 is 1.18 bits per heavy atom. The average molecular weight is 453 g/mol. The maximum atomic E-state index is 12.0. The van der Waals surface area contributed by atoms with E-state index < -0.39 is 0 Å². The van der Waals surface area contributed by atoms with Crippen LogP contribution in [0.15, 0.2) is 30.6 Å². The fraction of sp³-hybridized carbons (Fsp3) is 0.478. The van der Waals surface area contributed by atoms with E-state index in [9.17, 15) is 9.59 Å². The molecule has 10 nitrogen and oxygen atoms in total. The lowest BCUT2D eigenvalue weighted by Crippen LogP contribution is -2.05. The van der Waals surface area contributed by atoms with E-state index in [2.05, 4.69) is 20.6 Å². The number of hydrogen-bond acceptors (Lipinski definition) is 8. The molecule has 10 heteroatoms.